The Bertz CT molecular complexity index is 1150. The van der Waals surface area contributed by atoms with Crippen LogP contribution in [0, 0.1) is 0 Å². The smallest absolute Gasteiger partial charge is 0.275 e. The second-order valence-electron chi connectivity index (χ2n) is 6.47. The maximum atomic E-state index is 13.1. The number of hydrogen-bond acceptors (Lipinski definition) is 5. The number of fused-ring (bicyclic) bond motifs is 2. The molecule has 1 amide bonds. The zero-order valence-corrected chi connectivity index (χ0v) is 15.2. The molecular formula is C18H15ClN6O2. The van der Waals surface area contributed by atoms with Crippen LogP contribution in [0.15, 0.2) is 47.4 Å². The second kappa shape index (κ2) is 5.95. The maximum Gasteiger partial charge on any atom is 0.275 e. The number of aromatic nitrogens is 5. The van der Waals surface area contributed by atoms with Crippen LogP contribution in [-0.4, -0.2) is 41.7 Å². The van der Waals surface area contributed by atoms with Crippen molar-refractivity contribution >= 4 is 23.0 Å². The van der Waals surface area contributed by atoms with Gasteiger partial charge in [0.2, 0.25) is 0 Å². The van der Waals surface area contributed by atoms with Crippen molar-refractivity contribution in [2.45, 2.75) is 19.5 Å². The van der Waals surface area contributed by atoms with Gasteiger partial charge in [-0.25, -0.2) is 4.52 Å². The number of carbonyl (C=O) groups excluding carboxylic acids is 1. The number of pyridine rings is 1. The number of rotatable bonds is 2. The highest BCUT2D eigenvalue weighted by Gasteiger charge is 2.33. The highest BCUT2D eigenvalue weighted by molar-refractivity contribution is 6.30. The van der Waals surface area contributed by atoms with Crippen molar-refractivity contribution in [1.29, 1.82) is 0 Å². The van der Waals surface area contributed by atoms with Gasteiger partial charge in [0.05, 0.1) is 28.4 Å². The fourth-order valence-electron chi connectivity index (χ4n) is 3.48. The third kappa shape index (κ3) is 2.52. The van der Waals surface area contributed by atoms with Gasteiger partial charge in [-0.15, -0.1) is 10.2 Å². The molecule has 1 aliphatic heterocycles. The van der Waals surface area contributed by atoms with Crippen molar-refractivity contribution < 1.29 is 9.21 Å². The average Bonchev–Trinajstić information content (AvgIpc) is 3.39. The molecule has 5 rings (SSSR count). The molecule has 0 bridgehead atoms. The molecule has 8 nitrogen and oxygen atoms in total. The predicted molar refractivity (Wildman–Crippen MR) is 97.4 cm³/mol. The number of halogens is 1. The van der Waals surface area contributed by atoms with E-state index in [0.29, 0.717) is 23.8 Å². The van der Waals surface area contributed by atoms with E-state index in [1.165, 1.54) is 0 Å². The van der Waals surface area contributed by atoms with Crippen LogP contribution in [-0.2, 0) is 6.54 Å². The Morgan fingerprint density at radius 2 is 2.15 bits per heavy atom. The lowest BCUT2D eigenvalue weighted by Crippen LogP contribution is -2.41. The number of amides is 1. The van der Waals surface area contributed by atoms with Gasteiger partial charge in [-0.05, 0) is 31.2 Å². The number of furan rings is 1. The molecule has 0 radical (unpaired) electrons. The summed E-state index contributed by atoms with van der Waals surface area (Å²) >= 11 is 6.00. The SMILES string of the molecule is CC1c2nnc(-c3ccoc3)n2CCN1C(=O)c1cc2ccc(Cl)cn2n1. The quantitative estimate of drug-likeness (QED) is 0.532. The Hall–Kier alpha value is -3.13. The molecule has 136 valence electrons. The molecule has 4 aromatic rings. The summed E-state index contributed by atoms with van der Waals surface area (Å²) in [6.07, 6.45) is 4.93. The third-order valence-electron chi connectivity index (χ3n) is 4.87. The molecule has 0 N–H and O–H groups in total. The van der Waals surface area contributed by atoms with Crippen LogP contribution in [0.5, 0.6) is 0 Å². The van der Waals surface area contributed by atoms with Crippen molar-refractivity contribution in [1.82, 2.24) is 29.3 Å². The molecule has 27 heavy (non-hydrogen) atoms. The van der Waals surface area contributed by atoms with Crippen LogP contribution >= 0.6 is 11.6 Å². The number of nitrogens with zero attached hydrogens (tertiary/aromatic N) is 6. The Morgan fingerprint density at radius 1 is 1.26 bits per heavy atom. The van der Waals surface area contributed by atoms with Crippen LogP contribution < -0.4 is 0 Å². The number of carbonyl (C=O) groups is 1. The summed E-state index contributed by atoms with van der Waals surface area (Å²) in [5.41, 5.74) is 2.07. The van der Waals surface area contributed by atoms with Crippen molar-refractivity contribution in [3.05, 3.63) is 59.5 Å². The van der Waals surface area contributed by atoms with Crippen LogP contribution in [0.3, 0.4) is 0 Å². The van der Waals surface area contributed by atoms with Gasteiger partial charge in [0.15, 0.2) is 17.3 Å². The zero-order chi connectivity index (χ0) is 18.5. The lowest BCUT2D eigenvalue weighted by Gasteiger charge is -2.33. The minimum atomic E-state index is -0.215. The van der Waals surface area contributed by atoms with Gasteiger partial charge >= 0.3 is 0 Å². The molecule has 0 spiro atoms. The largest absolute Gasteiger partial charge is 0.472 e. The van der Waals surface area contributed by atoms with Gasteiger partial charge in [-0.1, -0.05) is 11.6 Å². The monoisotopic (exact) mass is 382 g/mol. The van der Waals surface area contributed by atoms with E-state index in [1.807, 2.05) is 23.6 Å². The van der Waals surface area contributed by atoms with Crippen molar-refractivity contribution in [3.8, 4) is 11.4 Å². The molecule has 4 aromatic heterocycles. The second-order valence-corrected chi connectivity index (χ2v) is 6.90. The van der Waals surface area contributed by atoms with Gasteiger partial charge in [-0.3, -0.25) is 4.79 Å². The van der Waals surface area contributed by atoms with Crippen LogP contribution in [0.1, 0.15) is 29.3 Å². The lowest BCUT2D eigenvalue weighted by molar-refractivity contribution is 0.0632. The normalized spacial score (nSPS) is 16.7. The molecule has 1 aliphatic rings. The van der Waals surface area contributed by atoms with E-state index >= 15 is 0 Å². The summed E-state index contributed by atoms with van der Waals surface area (Å²) in [4.78, 5) is 14.8. The molecule has 0 saturated heterocycles. The third-order valence-corrected chi connectivity index (χ3v) is 5.09. The first-order valence-electron chi connectivity index (χ1n) is 8.53. The molecule has 5 heterocycles. The highest BCUT2D eigenvalue weighted by atomic mass is 35.5. The van der Waals surface area contributed by atoms with E-state index in [4.69, 9.17) is 16.0 Å². The highest BCUT2D eigenvalue weighted by Crippen LogP contribution is 2.29. The van der Waals surface area contributed by atoms with E-state index in [1.54, 1.807) is 40.3 Å². The Morgan fingerprint density at radius 3 is 2.96 bits per heavy atom. The van der Waals surface area contributed by atoms with Crippen molar-refractivity contribution in [2.24, 2.45) is 0 Å². The van der Waals surface area contributed by atoms with Crippen molar-refractivity contribution in [3.63, 3.8) is 0 Å². The predicted octanol–water partition coefficient (Wildman–Crippen LogP) is 3.06. The Labute approximate surface area is 159 Å². The van der Waals surface area contributed by atoms with E-state index in [2.05, 4.69) is 15.3 Å². The summed E-state index contributed by atoms with van der Waals surface area (Å²) in [5, 5.41) is 13.5. The summed E-state index contributed by atoms with van der Waals surface area (Å²) in [5.74, 6) is 1.36. The standard InChI is InChI=1S/C18H15ClN6O2/c1-11-16-20-21-17(12-4-7-27-10-12)24(16)6-5-23(11)18(26)15-8-14-3-2-13(19)9-25(14)22-15/h2-4,7-11H,5-6H2,1H3. The first-order valence-corrected chi connectivity index (χ1v) is 8.91. The topological polar surface area (TPSA) is 81.5 Å². The summed E-state index contributed by atoms with van der Waals surface area (Å²) in [7, 11) is 0. The van der Waals surface area contributed by atoms with Gasteiger partial charge in [-0.2, -0.15) is 5.10 Å². The Balaban J connectivity index is 1.47. The first kappa shape index (κ1) is 16.1. The molecule has 0 aromatic carbocycles. The zero-order valence-electron chi connectivity index (χ0n) is 14.4. The van der Waals surface area contributed by atoms with E-state index in [-0.39, 0.29) is 11.9 Å². The number of hydrogen-bond donors (Lipinski definition) is 0. The Kier molecular flexibility index (Phi) is 3.54. The van der Waals surface area contributed by atoms with E-state index in [9.17, 15) is 4.79 Å². The summed E-state index contributed by atoms with van der Waals surface area (Å²) in [6.45, 7) is 3.10. The maximum absolute atomic E-state index is 13.1. The van der Waals surface area contributed by atoms with Crippen LogP contribution in [0.2, 0.25) is 5.02 Å². The molecular weight excluding hydrogens is 368 g/mol. The molecule has 0 fully saturated rings. The fourth-order valence-corrected chi connectivity index (χ4v) is 3.64. The van der Waals surface area contributed by atoms with E-state index in [0.717, 1.165) is 22.7 Å². The molecule has 1 atom stereocenters. The minimum Gasteiger partial charge on any atom is -0.472 e. The first-order chi connectivity index (χ1) is 13.1. The van der Waals surface area contributed by atoms with Gasteiger partial charge < -0.3 is 13.9 Å². The summed E-state index contributed by atoms with van der Waals surface area (Å²) < 4.78 is 8.79. The molecule has 9 heteroatoms. The van der Waals surface area contributed by atoms with Gasteiger partial charge in [0, 0.05) is 19.3 Å². The fraction of sp³-hybridized carbons (Fsp3) is 0.222. The average molecular weight is 383 g/mol. The minimum absolute atomic E-state index is 0.138. The van der Waals surface area contributed by atoms with Crippen LogP contribution in [0.25, 0.3) is 16.9 Å². The van der Waals surface area contributed by atoms with Gasteiger partial charge in [0.1, 0.15) is 6.26 Å². The summed E-state index contributed by atoms with van der Waals surface area (Å²) in [6, 6.07) is 7.01. The van der Waals surface area contributed by atoms with Gasteiger partial charge in [0.25, 0.3) is 5.91 Å². The molecule has 0 saturated carbocycles. The van der Waals surface area contributed by atoms with E-state index < -0.39 is 0 Å². The molecule has 1 unspecified atom stereocenters. The molecule has 0 aliphatic carbocycles. The van der Waals surface area contributed by atoms with Crippen LogP contribution in [0.4, 0.5) is 0 Å². The lowest BCUT2D eigenvalue weighted by atomic mass is 10.1. The van der Waals surface area contributed by atoms with Crippen molar-refractivity contribution in [2.75, 3.05) is 6.54 Å².